The number of rotatable bonds is 6. The maximum Gasteiger partial charge on any atom is 0.419 e. The molecule has 0 saturated carbocycles. The summed E-state index contributed by atoms with van der Waals surface area (Å²) in [6.07, 6.45) is 2.90. The predicted molar refractivity (Wildman–Crippen MR) is 135 cm³/mol. The molecule has 5 rings (SSSR count). The van der Waals surface area contributed by atoms with Gasteiger partial charge in [0, 0.05) is 18.8 Å². The third-order valence-corrected chi connectivity index (χ3v) is 7.04. The summed E-state index contributed by atoms with van der Waals surface area (Å²) in [5, 5.41) is 5.30. The van der Waals surface area contributed by atoms with Gasteiger partial charge in [0.25, 0.3) is 0 Å². The first-order chi connectivity index (χ1) is 17.1. The summed E-state index contributed by atoms with van der Waals surface area (Å²) in [4.78, 5) is 28.6. The van der Waals surface area contributed by atoms with Gasteiger partial charge in [-0.05, 0) is 48.6 Å². The van der Waals surface area contributed by atoms with E-state index < -0.39 is 6.09 Å². The Kier molecular flexibility index (Phi) is 6.37. The van der Waals surface area contributed by atoms with Gasteiger partial charge in [0.1, 0.15) is 16.5 Å². The van der Waals surface area contributed by atoms with Crippen LogP contribution in [-0.2, 0) is 36.0 Å². The zero-order chi connectivity index (χ0) is 24.4. The first kappa shape index (κ1) is 22.9. The van der Waals surface area contributed by atoms with Gasteiger partial charge in [0.05, 0.1) is 18.0 Å². The van der Waals surface area contributed by atoms with Crippen LogP contribution in [-0.4, -0.2) is 28.4 Å². The molecule has 0 bridgehead atoms. The van der Waals surface area contributed by atoms with Crippen LogP contribution in [0.4, 0.5) is 15.5 Å². The SMILES string of the molecule is CCOC(=O)c1sc(N(C(=O)OCc2ccccc2)c2ccccc2)c2c1CCc1cn(C)nc1-2. The van der Waals surface area contributed by atoms with Crippen LogP contribution in [0, 0.1) is 0 Å². The van der Waals surface area contributed by atoms with Crippen molar-refractivity contribution in [2.24, 2.45) is 7.05 Å². The highest BCUT2D eigenvalue weighted by Gasteiger charge is 2.35. The van der Waals surface area contributed by atoms with Gasteiger partial charge < -0.3 is 9.47 Å². The number of esters is 1. The fourth-order valence-electron chi connectivity index (χ4n) is 4.31. The molecule has 1 aliphatic rings. The molecule has 178 valence electrons. The Hall–Kier alpha value is -3.91. The number of hydrogen-bond acceptors (Lipinski definition) is 6. The van der Waals surface area contributed by atoms with E-state index in [9.17, 15) is 9.59 Å². The Bertz CT molecular complexity index is 1360. The average molecular weight is 488 g/mol. The number of ether oxygens (including phenoxy) is 2. The normalized spacial score (nSPS) is 11.9. The molecular weight excluding hydrogens is 462 g/mol. The third kappa shape index (κ3) is 4.44. The number of carbonyl (C=O) groups excluding carboxylic acids is 2. The molecule has 1 amide bonds. The third-order valence-electron chi connectivity index (χ3n) is 5.84. The van der Waals surface area contributed by atoms with E-state index in [4.69, 9.17) is 14.6 Å². The Labute approximate surface area is 207 Å². The van der Waals surface area contributed by atoms with Crippen LogP contribution in [0.2, 0.25) is 0 Å². The van der Waals surface area contributed by atoms with Crippen LogP contribution in [0.5, 0.6) is 0 Å². The molecule has 2 aromatic carbocycles. The standard InChI is InChI=1S/C27H25N3O4S/c1-3-33-26(31)24-21-15-14-19-16-29(2)28-23(19)22(21)25(35-24)30(20-12-8-5-9-13-20)27(32)34-17-18-10-6-4-7-11-18/h4-13,16H,3,14-15,17H2,1-2H3. The zero-order valence-corrected chi connectivity index (χ0v) is 20.4. The van der Waals surface area contributed by atoms with Crippen molar-refractivity contribution in [2.75, 3.05) is 11.5 Å². The largest absolute Gasteiger partial charge is 0.462 e. The summed E-state index contributed by atoms with van der Waals surface area (Å²) in [6, 6.07) is 18.9. The van der Waals surface area contributed by atoms with Crippen molar-refractivity contribution in [3.63, 3.8) is 0 Å². The van der Waals surface area contributed by atoms with E-state index >= 15 is 0 Å². The zero-order valence-electron chi connectivity index (χ0n) is 19.6. The Balaban J connectivity index is 1.63. The van der Waals surface area contributed by atoms with E-state index in [0.29, 0.717) is 22.0 Å². The lowest BCUT2D eigenvalue weighted by Gasteiger charge is -2.23. The summed E-state index contributed by atoms with van der Waals surface area (Å²) in [6.45, 7) is 2.19. The first-order valence-electron chi connectivity index (χ1n) is 11.5. The van der Waals surface area contributed by atoms with E-state index in [0.717, 1.165) is 34.4 Å². The number of aromatic nitrogens is 2. The molecular formula is C27H25N3O4S. The van der Waals surface area contributed by atoms with Crippen LogP contribution < -0.4 is 4.90 Å². The van der Waals surface area contributed by atoms with Crippen molar-refractivity contribution in [1.29, 1.82) is 0 Å². The van der Waals surface area contributed by atoms with E-state index in [-0.39, 0.29) is 19.2 Å². The number of benzene rings is 2. The molecule has 0 aliphatic heterocycles. The molecule has 0 unspecified atom stereocenters. The number of para-hydroxylation sites is 1. The summed E-state index contributed by atoms with van der Waals surface area (Å²) >= 11 is 1.25. The number of fused-ring (bicyclic) bond motifs is 3. The number of amides is 1. The monoisotopic (exact) mass is 487 g/mol. The first-order valence-corrected chi connectivity index (χ1v) is 12.3. The van der Waals surface area contributed by atoms with Crippen LogP contribution in [0.15, 0.2) is 66.9 Å². The summed E-state index contributed by atoms with van der Waals surface area (Å²) in [7, 11) is 1.87. The lowest BCUT2D eigenvalue weighted by Crippen LogP contribution is -2.26. The van der Waals surface area contributed by atoms with Crippen LogP contribution in [0.1, 0.15) is 33.3 Å². The average Bonchev–Trinajstić information content (AvgIpc) is 3.44. The number of anilines is 2. The Morgan fingerprint density at radius 2 is 1.74 bits per heavy atom. The predicted octanol–water partition coefficient (Wildman–Crippen LogP) is 5.90. The molecule has 8 heteroatoms. The lowest BCUT2D eigenvalue weighted by molar-refractivity contribution is 0.0531. The summed E-state index contributed by atoms with van der Waals surface area (Å²) in [5.41, 5.74) is 5.06. The van der Waals surface area contributed by atoms with Gasteiger partial charge in [-0.2, -0.15) is 5.10 Å². The van der Waals surface area contributed by atoms with E-state index in [2.05, 4.69) is 0 Å². The van der Waals surface area contributed by atoms with Crippen LogP contribution in [0.3, 0.4) is 0 Å². The van der Waals surface area contributed by atoms with Gasteiger partial charge in [-0.25, -0.2) is 14.5 Å². The Morgan fingerprint density at radius 1 is 1.03 bits per heavy atom. The van der Waals surface area contributed by atoms with E-state index in [1.807, 2.05) is 73.9 Å². The number of nitrogens with zero attached hydrogens (tertiary/aromatic N) is 3. The highest BCUT2D eigenvalue weighted by atomic mass is 32.1. The fourth-order valence-corrected chi connectivity index (χ4v) is 5.57. The molecule has 0 radical (unpaired) electrons. The highest BCUT2D eigenvalue weighted by Crippen LogP contribution is 2.49. The van der Waals surface area contributed by atoms with Crippen molar-refractivity contribution < 1.29 is 19.1 Å². The molecule has 0 spiro atoms. The van der Waals surface area contributed by atoms with Crippen molar-refractivity contribution in [3.05, 3.63) is 88.4 Å². The summed E-state index contributed by atoms with van der Waals surface area (Å²) in [5.74, 6) is -0.384. The fraction of sp³-hybridized carbons (Fsp3) is 0.222. The number of aryl methyl sites for hydroxylation is 2. The molecule has 0 atom stereocenters. The topological polar surface area (TPSA) is 73.7 Å². The van der Waals surface area contributed by atoms with Crippen molar-refractivity contribution in [3.8, 4) is 11.3 Å². The molecule has 35 heavy (non-hydrogen) atoms. The van der Waals surface area contributed by atoms with Gasteiger partial charge in [0.2, 0.25) is 0 Å². The maximum atomic E-state index is 13.6. The van der Waals surface area contributed by atoms with E-state index in [1.54, 1.807) is 16.5 Å². The van der Waals surface area contributed by atoms with Crippen LogP contribution in [0.25, 0.3) is 11.3 Å². The molecule has 7 nitrogen and oxygen atoms in total. The van der Waals surface area contributed by atoms with Gasteiger partial charge in [-0.3, -0.25) is 4.68 Å². The number of carbonyl (C=O) groups is 2. The molecule has 0 saturated heterocycles. The molecule has 0 N–H and O–H groups in total. The van der Waals surface area contributed by atoms with Gasteiger partial charge in [-0.15, -0.1) is 11.3 Å². The van der Waals surface area contributed by atoms with Crippen molar-refractivity contribution >= 4 is 34.1 Å². The quantitative estimate of drug-likeness (QED) is 0.317. The second-order valence-electron chi connectivity index (χ2n) is 8.20. The Morgan fingerprint density at radius 3 is 2.46 bits per heavy atom. The van der Waals surface area contributed by atoms with Crippen LogP contribution >= 0.6 is 11.3 Å². The molecule has 2 aromatic heterocycles. The van der Waals surface area contributed by atoms with Gasteiger partial charge in [0.15, 0.2) is 0 Å². The van der Waals surface area contributed by atoms with Gasteiger partial charge in [-0.1, -0.05) is 48.5 Å². The molecule has 1 aliphatic carbocycles. The van der Waals surface area contributed by atoms with Crippen molar-refractivity contribution in [2.45, 2.75) is 26.4 Å². The van der Waals surface area contributed by atoms with Gasteiger partial charge >= 0.3 is 12.1 Å². The number of thiophene rings is 1. The molecule has 2 heterocycles. The minimum Gasteiger partial charge on any atom is -0.462 e. The number of hydrogen-bond donors (Lipinski definition) is 0. The minimum absolute atomic E-state index is 0.135. The second kappa shape index (κ2) is 9.76. The second-order valence-corrected chi connectivity index (χ2v) is 9.20. The molecule has 0 fully saturated rings. The smallest absolute Gasteiger partial charge is 0.419 e. The summed E-state index contributed by atoms with van der Waals surface area (Å²) < 4.78 is 12.9. The van der Waals surface area contributed by atoms with Crippen molar-refractivity contribution in [1.82, 2.24) is 9.78 Å². The lowest BCUT2D eigenvalue weighted by atomic mass is 9.91. The molecule has 4 aromatic rings. The van der Waals surface area contributed by atoms with E-state index in [1.165, 1.54) is 11.3 Å². The minimum atomic E-state index is -0.525. The highest BCUT2D eigenvalue weighted by molar-refractivity contribution is 7.19. The maximum absolute atomic E-state index is 13.6.